The van der Waals surface area contributed by atoms with E-state index in [-0.39, 0.29) is 11.3 Å². The Kier molecular flexibility index (Phi) is 2.68. The Bertz CT molecular complexity index is 208. The van der Waals surface area contributed by atoms with Crippen LogP contribution in [0.4, 0.5) is 17.6 Å². The molecule has 0 spiro atoms. The average molecular weight is 196 g/mol. The van der Waals surface area contributed by atoms with Crippen molar-refractivity contribution in [2.75, 3.05) is 0 Å². The van der Waals surface area contributed by atoms with Crippen LogP contribution in [0.25, 0.3) is 0 Å². The summed E-state index contributed by atoms with van der Waals surface area (Å²) in [5, 5.41) is 0. The molecule has 0 N–H and O–H groups in total. The highest BCUT2D eigenvalue weighted by molar-refractivity contribution is 5.17. The van der Waals surface area contributed by atoms with E-state index in [0.717, 1.165) is 12.5 Å². The molecule has 0 saturated heterocycles. The maximum atomic E-state index is 12.0. The van der Waals surface area contributed by atoms with Crippen molar-refractivity contribution in [2.45, 2.75) is 33.1 Å². The zero-order valence-electron chi connectivity index (χ0n) is 7.53. The van der Waals surface area contributed by atoms with Crippen LogP contribution in [-0.4, -0.2) is 12.9 Å². The van der Waals surface area contributed by atoms with E-state index in [2.05, 4.69) is 0 Å². The quantitative estimate of drug-likeness (QED) is 0.478. The second-order valence-electron chi connectivity index (χ2n) is 4.07. The van der Waals surface area contributed by atoms with Crippen LogP contribution in [0.3, 0.4) is 0 Å². The third-order valence-electron chi connectivity index (χ3n) is 2.49. The van der Waals surface area contributed by atoms with Gasteiger partial charge in [0.25, 0.3) is 12.9 Å². The first-order valence-corrected chi connectivity index (χ1v) is 4.12. The van der Waals surface area contributed by atoms with Gasteiger partial charge < -0.3 is 0 Å². The fraction of sp³-hybridized carbons (Fsp3) is 0.778. The van der Waals surface area contributed by atoms with Crippen LogP contribution in [-0.2, 0) is 0 Å². The first-order chi connectivity index (χ1) is 5.84. The first-order valence-electron chi connectivity index (χ1n) is 4.12. The second-order valence-corrected chi connectivity index (χ2v) is 4.07. The van der Waals surface area contributed by atoms with Crippen molar-refractivity contribution >= 4 is 0 Å². The molecule has 0 aliphatic heterocycles. The highest BCUT2D eigenvalue weighted by Gasteiger charge is 2.45. The van der Waals surface area contributed by atoms with E-state index in [4.69, 9.17) is 0 Å². The molecule has 1 rings (SSSR count). The van der Waals surface area contributed by atoms with E-state index in [1.54, 1.807) is 0 Å². The van der Waals surface area contributed by atoms with Gasteiger partial charge in [0, 0.05) is 0 Å². The molecule has 1 saturated carbocycles. The number of rotatable bonds is 3. The van der Waals surface area contributed by atoms with Gasteiger partial charge >= 0.3 is 0 Å². The van der Waals surface area contributed by atoms with Crippen molar-refractivity contribution in [2.24, 2.45) is 11.3 Å². The Labute approximate surface area is 74.6 Å². The molecule has 13 heavy (non-hydrogen) atoms. The third kappa shape index (κ3) is 2.45. The molecular formula is C9H12F4. The van der Waals surface area contributed by atoms with Gasteiger partial charge in [0.05, 0.1) is 5.57 Å². The van der Waals surface area contributed by atoms with Crippen LogP contribution in [0.15, 0.2) is 11.6 Å². The minimum absolute atomic E-state index is 0.0744. The summed E-state index contributed by atoms with van der Waals surface area (Å²) in [7, 11) is 0. The molecule has 0 aromatic rings. The Balaban J connectivity index is 2.66. The predicted molar refractivity (Wildman–Crippen MR) is 42.0 cm³/mol. The number of alkyl halides is 4. The maximum absolute atomic E-state index is 12.0. The summed E-state index contributed by atoms with van der Waals surface area (Å²) in [5.74, 6) is -0.106. The zero-order valence-corrected chi connectivity index (χ0v) is 7.53. The molecule has 0 bridgehead atoms. The van der Waals surface area contributed by atoms with Crippen LogP contribution in [0.1, 0.15) is 20.3 Å². The lowest BCUT2D eigenvalue weighted by molar-refractivity contribution is 0.111. The normalized spacial score (nSPS) is 25.1. The van der Waals surface area contributed by atoms with Gasteiger partial charge in [-0.15, -0.1) is 0 Å². The van der Waals surface area contributed by atoms with Crippen molar-refractivity contribution in [1.82, 2.24) is 0 Å². The Hall–Kier alpha value is -0.540. The molecule has 0 aromatic heterocycles. The molecule has 4 heteroatoms. The van der Waals surface area contributed by atoms with Gasteiger partial charge in [0.2, 0.25) is 0 Å². The van der Waals surface area contributed by atoms with E-state index in [0.29, 0.717) is 0 Å². The summed E-state index contributed by atoms with van der Waals surface area (Å²) in [5.41, 5.74) is -1.09. The topological polar surface area (TPSA) is 0 Å². The van der Waals surface area contributed by atoms with E-state index >= 15 is 0 Å². The summed E-state index contributed by atoms with van der Waals surface area (Å²) < 4.78 is 48.2. The van der Waals surface area contributed by atoms with Gasteiger partial charge in [0.1, 0.15) is 0 Å². The SMILES string of the molecule is CC1(C)CC1C=C(C(F)F)C(F)F. The number of allylic oxidation sites excluding steroid dienone is 2. The molecule has 0 radical (unpaired) electrons. The van der Waals surface area contributed by atoms with E-state index in [1.807, 2.05) is 13.8 Å². The van der Waals surface area contributed by atoms with Gasteiger partial charge in [-0.25, -0.2) is 17.6 Å². The third-order valence-corrected chi connectivity index (χ3v) is 2.49. The second kappa shape index (κ2) is 3.31. The van der Waals surface area contributed by atoms with Gasteiger partial charge in [-0.05, 0) is 17.8 Å². The molecule has 1 aliphatic carbocycles. The summed E-state index contributed by atoms with van der Waals surface area (Å²) in [6, 6.07) is 0. The van der Waals surface area contributed by atoms with E-state index in [1.165, 1.54) is 0 Å². The monoisotopic (exact) mass is 196 g/mol. The van der Waals surface area contributed by atoms with Gasteiger partial charge in [-0.2, -0.15) is 0 Å². The molecule has 0 heterocycles. The van der Waals surface area contributed by atoms with Gasteiger partial charge in [0.15, 0.2) is 0 Å². The molecule has 1 fully saturated rings. The lowest BCUT2D eigenvalue weighted by Gasteiger charge is -2.05. The van der Waals surface area contributed by atoms with Crippen molar-refractivity contribution < 1.29 is 17.6 Å². The van der Waals surface area contributed by atoms with Crippen molar-refractivity contribution in [1.29, 1.82) is 0 Å². The van der Waals surface area contributed by atoms with Crippen LogP contribution in [0.2, 0.25) is 0 Å². The molecule has 1 aliphatic rings. The fourth-order valence-electron chi connectivity index (χ4n) is 1.27. The van der Waals surface area contributed by atoms with Crippen LogP contribution in [0.5, 0.6) is 0 Å². The molecule has 0 amide bonds. The lowest BCUT2D eigenvalue weighted by Crippen LogP contribution is -2.07. The Morgan fingerprint density at radius 1 is 1.23 bits per heavy atom. The highest BCUT2D eigenvalue weighted by atomic mass is 19.3. The van der Waals surface area contributed by atoms with Crippen LogP contribution < -0.4 is 0 Å². The molecule has 1 atom stereocenters. The van der Waals surface area contributed by atoms with Crippen LogP contribution in [0, 0.1) is 11.3 Å². The number of hydrogen-bond acceptors (Lipinski definition) is 0. The summed E-state index contributed by atoms with van der Waals surface area (Å²) >= 11 is 0. The Morgan fingerprint density at radius 2 is 1.62 bits per heavy atom. The fourth-order valence-corrected chi connectivity index (χ4v) is 1.27. The van der Waals surface area contributed by atoms with Crippen LogP contribution >= 0.6 is 0 Å². The largest absolute Gasteiger partial charge is 0.265 e. The van der Waals surface area contributed by atoms with Crippen molar-refractivity contribution in [3.63, 3.8) is 0 Å². The van der Waals surface area contributed by atoms with E-state index < -0.39 is 18.4 Å². The highest BCUT2D eigenvalue weighted by Crippen LogP contribution is 2.53. The van der Waals surface area contributed by atoms with Crippen molar-refractivity contribution in [3.8, 4) is 0 Å². The lowest BCUT2D eigenvalue weighted by atomic mass is 10.1. The minimum Gasteiger partial charge on any atom is -0.205 e. The van der Waals surface area contributed by atoms with Gasteiger partial charge in [-0.1, -0.05) is 19.9 Å². The van der Waals surface area contributed by atoms with E-state index in [9.17, 15) is 17.6 Å². The number of hydrogen-bond donors (Lipinski definition) is 0. The minimum atomic E-state index is -3.03. The summed E-state index contributed by atoms with van der Waals surface area (Å²) in [6.45, 7) is 3.76. The van der Waals surface area contributed by atoms with Gasteiger partial charge in [-0.3, -0.25) is 0 Å². The smallest absolute Gasteiger partial charge is 0.205 e. The summed E-state index contributed by atoms with van der Waals surface area (Å²) in [4.78, 5) is 0. The zero-order chi connectivity index (χ0) is 10.2. The molecule has 76 valence electrons. The standard InChI is InChI=1S/C9H12F4/c1-9(2)4-5(9)3-6(7(10)11)8(12)13/h3,5,7-8H,4H2,1-2H3. The number of halogens is 4. The molecule has 0 aromatic carbocycles. The first kappa shape index (κ1) is 10.5. The Morgan fingerprint density at radius 3 is 1.85 bits per heavy atom. The molecule has 0 nitrogen and oxygen atoms in total. The van der Waals surface area contributed by atoms with Crippen molar-refractivity contribution in [3.05, 3.63) is 11.6 Å². The molecule has 1 unspecified atom stereocenters. The predicted octanol–water partition coefficient (Wildman–Crippen LogP) is 3.49. The molecular weight excluding hydrogens is 184 g/mol. The average Bonchev–Trinajstić information content (AvgIpc) is 2.52. The maximum Gasteiger partial charge on any atom is 0.265 e. The summed E-state index contributed by atoms with van der Waals surface area (Å²) in [6.07, 6.45) is -4.31.